The van der Waals surface area contributed by atoms with Gasteiger partial charge in [-0.2, -0.15) is 0 Å². The monoisotopic (exact) mass is 901 g/mol. The van der Waals surface area contributed by atoms with E-state index in [1.165, 1.54) is 5.19 Å². The molecule has 6 heteroatoms. The van der Waals surface area contributed by atoms with Crippen molar-refractivity contribution < 1.29 is 31.7 Å². The van der Waals surface area contributed by atoms with E-state index in [4.69, 9.17) is 15.2 Å². The van der Waals surface area contributed by atoms with Crippen LogP contribution < -0.4 is 5.19 Å². The van der Waals surface area contributed by atoms with Crippen LogP contribution in [-0.4, -0.2) is 18.0 Å². The molecule has 0 amide bonds. The quantitative estimate of drug-likeness (QED) is 0.123. The molecule has 4 nitrogen and oxygen atoms in total. The molecule has 0 N–H and O–H groups in total. The first-order valence-corrected chi connectivity index (χ1v) is 21.5. The minimum Gasteiger partial charge on any atom is -0.500 e. The van der Waals surface area contributed by atoms with Gasteiger partial charge >= 0.3 is 0 Å². The first-order valence-electron chi connectivity index (χ1n) is 19.0. The van der Waals surface area contributed by atoms with Gasteiger partial charge in [-0.25, -0.2) is 0 Å². The number of hydrogen-bond donors (Lipinski definition) is 0. The van der Waals surface area contributed by atoms with Crippen LogP contribution in [0.25, 0.3) is 66.4 Å². The fraction of sp³-hybridized carbons (Fsp3) is 0.167. The van der Waals surface area contributed by atoms with Crippen LogP contribution in [-0.2, 0) is 20.1 Å². The molecule has 0 aliphatic carbocycles. The van der Waals surface area contributed by atoms with Crippen molar-refractivity contribution in [2.24, 2.45) is 0 Å². The van der Waals surface area contributed by atoms with Gasteiger partial charge in [0.05, 0.1) is 19.2 Å². The Morgan fingerprint density at radius 2 is 1.41 bits per heavy atom. The summed E-state index contributed by atoms with van der Waals surface area (Å²) in [6.07, 6.45) is 3.76. The van der Waals surface area contributed by atoms with Crippen molar-refractivity contribution in [3.8, 4) is 22.5 Å². The molecule has 9 rings (SSSR count). The molecule has 0 aliphatic rings. The van der Waals surface area contributed by atoms with Gasteiger partial charge in [-0.15, -0.1) is 42.0 Å². The van der Waals surface area contributed by atoms with Gasteiger partial charge < -0.3 is 18.8 Å². The molecule has 1 atom stereocenters. The van der Waals surface area contributed by atoms with Crippen LogP contribution in [0.5, 0.6) is 0 Å². The fourth-order valence-corrected chi connectivity index (χ4v) is 7.82. The van der Waals surface area contributed by atoms with Crippen molar-refractivity contribution in [1.29, 1.82) is 0 Å². The van der Waals surface area contributed by atoms with Crippen molar-refractivity contribution in [3.63, 3.8) is 0 Å². The number of para-hydroxylation sites is 2. The number of fused-ring (bicyclic) bond motifs is 6. The van der Waals surface area contributed by atoms with Crippen LogP contribution in [0.15, 0.2) is 143 Å². The Bertz CT molecular complexity index is 2820. The smallest absolute Gasteiger partial charge is 0.124 e. The minimum atomic E-state index is -1.41. The van der Waals surface area contributed by atoms with Crippen molar-refractivity contribution in [2.75, 3.05) is 0 Å². The minimum absolute atomic E-state index is 0. The summed E-state index contributed by atoms with van der Waals surface area (Å²) in [4.78, 5) is 9.21. The summed E-state index contributed by atoms with van der Waals surface area (Å²) in [5.74, 6) is -1.58. The number of hydrogen-bond acceptors (Lipinski definition) is 4. The summed E-state index contributed by atoms with van der Waals surface area (Å²) >= 11 is 0. The molecular formula is C48H42IrN2O2Si-2. The molecule has 54 heavy (non-hydrogen) atoms. The van der Waals surface area contributed by atoms with Gasteiger partial charge in [0, 0.05) is 57.5 Å². The van der Waals surface area contributed by atoms with E-state index in [0.29, 0.717) is 0 Å². The summed E-state index contributed by atoms with van der Waals surface area (Å²) in [6, 6.07) is 46.6. The SMILES string of the molecule is [2H]C(C)(C)c1ccnc(-c2[c-]cc3oc4ccccc4c3c2)c1.[2H]C(C)(c1ccccc1)c1cccc2c1oc1c(-c3ccc([Si](C)(C)C)cn3)[c-]ccc12.[Ir]. The van der Waals surface area contributed by atoms with E-state index in [0.717, 1.165) is 83.1 Å². The van der Waals surface area contributed by atoms with Gasteiger partial charge in [0.15, 0.2) is 0 Å². The molecule has 0 fully saturated rings. The summed E-state index contributed by atoms with van der Waals surface area (Å²) < 4.78 is 29.7. The number of benzene rings is 5. The van der Waals surface area contributed by atoms with Crippen LogP contribution in [0.2, 0.25) is 19.6 Å². The molecule has 5 aromatic carbocycles. The molecule has 0 saturated heterocycles. The molecular weight excluding hydrogens is 857 g/mol. The summed E-state index contributed by atoms with van der Waals surface area (Å²) in [5.41, 5.74) is 9.41. The Balaban J connectivity index is 0.000000177. The number of aromatic nitrogens is 2. The predicted molar refractivity (Wildman–Crippen MR) is 223 cm³/mol. The molecule has 0 aliphatic heterocycles. The maximum atomic E-state index is 9.19. The zero-order valence-corrected chi connectivity index (χ0v) is 34.6. The van der Waals surface area contributed by atoms with Crippen LogP contribution in [0.4, 0.5) is 0 Å². The number of nitrogens with zero attached hydrogens (tertiary/aromatic N) is 2. The Morgan fingerprint density at radius 3 is 2.17 bits per heavy atom. The average Bonchev–Trinajstić information content (AvgIpc) is 3.76. The summed E-state index contributed by atoms with van der Waals surface area (Å²) in [7, 11) is -1.41. The number of pyridine rings is 2. The zero-order chi connectivity index (χ0) is 38.5. The van der Waals surface area contributed by atoms with Crippen LogP contribution >= 0.6 is 0 Å². The Kier molecular flexibility index (Phi) is 9.82. The predicted octanol–water partition coefficient (Wildman–Crippen LogP) is 12.7. The third-order valence-corrected chi connectivity index (χ3v) is 11.9. The summed E-state index contributed by atoms with van der Waals surface area (Å²) in [5, 5.41) is 5.52. The van der Waals surface area contributed by atoms with E-state index < -0.39 is 19.9 Å². The summed E-state index contributed by atoms with van der Waals surface area (Å²) in [6.45, 7) is 12.6. The van der Waals surface area contributed by atoms with E-state index >= 15 is 0 Å². The molecule has 4 aromatic heterocycles. The third kappa shape index (κ3) is 7.22. The molecule has 0 saturated carbocycles. The van der Waals surface area contributed by atoms with Gasteiger partial charge in [-0.05, 0) is 40.2 Å². The van der Waals surface area contributed by atoms with E-state index in [-0.39, 0.29) is 20.1 Å². The van der Waals surface area contributed by atoms with E-state index in [1.807, 2.05) is 118 Å². The van der Waals surface area contributed by atoms with Crippen molar-refractivity contribution >= 4 is 57.1 Å². The largest absolute Gasteiger partial charge is 0.500 e. The number of furan rings is 2. The topological polar surface area (TPSA) is 52.1 Å². The maximum Gasteiger partial charge on any atom is 0.124 e. The normalized spacial score (nSPS) is 13.5. The van der Waals surface area contributed by atoms with Gasteiger partial charge in [-0.1, -0.05) is 147 Å². The first-order chi connectivity index (χ1) is 26.3. The molecule has 1 radical (unpaired) electrons. The Labute approximate surface area is 334 Å². The molecule has 1 unspecified atom stereocenters. The van der Waals surface area contributed by atoms with E-state index in [9.17, 15) is 1.37 Å². The van der Waals surface area contributed by atoms with Gasteiger partial charge in [0.1, 0.15) is 11.2 Å². The zero-order valence-electron chi connectivity index (χ0n) is 33.2. The third-order valence-electron chi connectivity index (χ3n) is 9.88. The first kappa shape index (κ1) is 34.6. The molecule has 271 valence electrons. The standard InChI is InChI=1S/C28H26NOSi.C20H16NO.Ir/c1-19(20-10-6-5-7-11-20)22-12-8-13-23-24-14-9-15-25(28(24)30-27(22)23)26-17-16-21(18-29-26)31(2,3)4;1-13(2)14-9-10-21-18(12-14)15-7-8-20-17(11-15)16-5-3-4-6-19(16)22-20;/h5-14,16-19H,1-4H3;3-6,8-13H,1-2H3;/q2*-1;/i19D;13D;. The van der Waals surface area contributed by atoms with Gasteiger partial charge in [-0.3, -0.25) is 0 Å². The van der Waals surface area contributed by atoms with Crippen molar-refractivity contribution in [1.82, 2.24) is 9.97 Å². The molecule has 0 spiro atoms. The fourth-order valence-electron chi connectivity index (χ4n) is 6.78. The van der Waals surface area contributed by atoms with Crippen LogP contribution in [0.3, 0.4) is 0 Å². The Hall–Kier alpha value is -5.13. The maximum absolute atomic E-state index is 9.19. The van der Waals surface area contributed by atoms with E-state index in [1.54, 1.807) is 6.20 Å². The van der Waals surface area contributed by atoms with Crippen molar-refractivity contribution in [3.05, 3.63) is 163 Å². The van der Waals surface area contributed by atoms with Crippen LogP contribution in [0, 0.1) is 12.1 Å². The average molecular weight is 901 g/mol. The van der Waals surface area contributed by atoms with Gasteiger partial charge in [0.25, 0.3) is 0 Å². The Morgan fingerprint density at radius 1 is 0.648 bits per heavy atom. The van der Waals surface area contributed by atoms with Crippen LogP contribution in [0.1, 0.15) is 52.0 Å². The molecule has 0 bridgehead atoms. The number of rotatable bonds is 6. The van der Waals surface area contributed by atoms with Crippen molar-refractivity contribution in [2.45, 2.75) is 52.2 Å². The second-order valence-corrected chi connectivity index (χ2v) is 19.8. The second-order valence-electron chi connectivity index (χ2n) is 14.7. The molecule has 9 aromatic rings. The van der Waals surface area contributed by atoms with E-state index in [2.05, 4.69) is 67.1 Å². The molecule has 4 heterocycles. The second kappa shape index (κ2) is 15.3. The van der Waals surface area contributed by atoms with Gasteiger partial charge in [0.2, 0.25) is 0 Å².